The number of rotatable bonds is 10. The minimum absolute atomic E-state index is 0.184. The van der Waals surface area contributed by atoms with Crippen LogP contribution in [0.25, 0.3) is 0 Å². The molecule has 0 bridgehead atoms. The second-order valence-electron chi connectivity index (χ2n) is 6.41. The number of allylic oxidation sites excluding steroid dienone is 1. The van der Waals surface area contributed by atoms with Crippen LogP contribution < -0.4 is 11.1 Å². The molecule has 0 fully saturated rings. The lowest BCUT2D eigenvalue weighted by Crippen LogP contribution is -2.38. The SMILES string of the molecule is CCC(C)/C=C(\C)CSC(N)CCC(NC)C1C=CC(C)O1. The first kappa shape index (κ1) is 19.8. The van der Waals surface area contributed by atoms with Gasteiger partial charge in [-0.2, -0.15) is 0 Å². The van der Waals surface area contributed by atoms with Gasteiger partial charge >= 0.3 is 0 Å². The Morgan fingerprint density at radius 1 is 1.41 bits per heavy atom. The maximum atomic E-state index is 6.26. The Kier molecular flexibility index (Phi) is 9.41. The lowest BCUT2D eigenvalue weighted by atomic mass is 10.1. The van der Waals surface area contributed by atoms with Crippen molar-refractivity contribution >= 4 is 11.8 Å². The molecule has 5 unspecified atom stereocenters. The number of nitrogens with one attached hydrogen (secondary N) is 1. The van der Waals surface area contributed by atoms with Crippen molar-refractivity contribution in [3.63, 3.8) is 0 Å². The van der Waals surface area contributed by atoms with Gasteiger partial charge in [-0.25, -0.2) is 0 Å². The smallest absolute Gasteiger partial charge is 0.0917 e. The quantitative estimate of drug-likeness (QED) is 0.474. The van der Waals surface area contributed by atoms with E-state index in [2.05, 4.69) is 51.2 Å². The molecule has 0 aromatic rings. The standard InChI is InChI=1S/C18H34N2OS/c1-6-13(2)11-14(3)12-22-18(19)10-8-16(20-5)17-9-7-15(4)21-17/h7,9,11,13,15-18,20H,6,8,10,12,19H2,1-5H3/b14-11+. The maximum absolute atomic E-state index is 6.26. The Morgan fingerprint density at radius 2 is 2.14 bits per heavy atom. The maximum Gasteiger partial charge on any atom is 0.0917 e. The Balaban J connectivity index is 2.28. The minimum atomic E-state index is 0.184. The molecule has 0 radical (unpaired) electrons. The summed E-state index contributed by atoms with van der Waals surface area (Å²) in [5.41, 5.74) is 7.70. The molecule has 128 valence electrons. The lowest BCUT2D eigenvalue weighted by Gasteiger charge is -2.24. The molecule has 0 saturated carbocycles. The van der Waals surface area contributed by atoms with Gasteiger partial charge in [-0.05, 0) is 39.7 Å². The van der Waals surface area contributed by atoms with E-state index in [0.717, 1.165) is 18.6 Å². The molecule has 0 aromatic heterocycles. The average Bonchev–Trinajstić information content (AvgIpc) is 2.92. The fourth-order valence-corrected chi connectivity index (χ4v) is 3.50. The van der Waals surface area contributed by atoms with Crippen molar-refractivity contribution in [1.29, 1.82) is 0 Å². The number of ether oxygens (including phenoxy) is 1. The molecule has 22 heavy (non-hydrogen) atoms. The normalized spacial score (nSPS) is 26.2. The third-order valence-corrected chi connectivity index (χ3v) is 5.50. The van der Waals surface area contributed by atoms with Crippen LogP contribution in [0.5, 0.6) is 0 Å². The van der Waals surface area contributed by atoms with Gasteiger partial charge in [0.05, 0.1) is 17.6 Å². The monoisotopic (exact) mass is 326 g/mol. The van der Waals surface area contributed by atoms with Gasteiger partial charge in [0.1, 0.15) is 0 Å². The molecule has 3 N–H and O–H groups in total. The Morgan fingerprint density at radius 3 is 2.68 bits per heavy atom. The van der Waals surface area contributed by atoms with E-state index >= 15 is 0 Å². The zero-order valence-electron chi connectivity index (χ0n) is 14.8. The summed E-state index contributed by atoms with van der Waals surface area (Å²) in [5.74, 6) is 1.70. The second kappa shape index (κ2) is 10.5. The second-order valence-corrected chi connectivity index (χ2v) is 7.64. The van der Waals surface area contributed by atoms with Crippen LogP contribution in [0.15, 0.2) is 23.8 Å². The lowest BCUT2D eigenvalue weighted by molar-refractivity contribution is 0.0465. The van der Waals surface area contributed by atoms with Crippen LogP contribution in [-0.4, -0.2) is 36.4 Å². The van der Waals surface area contributed by atoms with Crippen molar-refractivity contribution in [3.8, 4) is 0 Å². The molecule has 0 amide bonds. The van der Waals surface area contributed by atoms with E-state index in [4.69, 9.17) is 10.5 Å². The van der Waals surface area contributed by atoms with E-state index in [-0.39, 0.29) is 17.6 Å². The predicted octanol–water partition coefficient (Wildman–Crippen LogP) is 3.71. The summed E-state index contributed by atoms with van der Waals surface area (Å²) in [7, 11) is 2.00. The molecule has 0 aromatic carbocycles. The number of hydrogen-bond donors (Lipinski definition) is 2. The van der Waals surface area contributed by atoms with E-state index in [0.29, 0.717) is 12.0 Å². The molecule has 0 saturated heterocycles. The zero-order valence-corrected chi connectivity index (χ0v) is 15.7. The van der Waals surface area contributed by atoms with Crippen molar-refractivity contribution < 1.29 is 4.74 Å². The topological polar surface area (TPSA) is 47.3 Å². The number of hydrogen-bond acceptors (Lipinski definition) is 4. The fraction of sp³-hybridized carbons (Fsp3) is 0.778. The van der Waals surface area contributed by atoms with Crippen LogP contribution in [0.3, 0.4) is 0 Å². The van der Waals surface area contributed by atoms with Gasteiger partial charge in [0, 0.05) is 11.8 Å². The molecule has 0 aliphatic carbocycles. The molecule has 1 heterocycles. The summed E-state index contributed by atoms with van der Waals surface area (Å²) in [6.45, 7) is 8.78. The van der Waals surface area contributed by atoms with Crippen LogP contribution in [0, 0.1) is 5.92 Å². The highest BCUT2D eigenvalue weighted by atomic mass is 32.2. The Labute approximate surface area is 141 Å². The van der Waals surface area contributed by atoms with E-state index in [1.54, 1.807) is 0 Å². The molecule has 0 spiro atoms. The largest absolute Gasteiger partial charge is 0.366 e. The van der Waals surface area contributed by atoms with E-state index in [9.17, 15) is 0 Å². The molecule has 1 aliphatic heterocycles. The summed E-state index contributed by atoms with van der Waals surface area (Å²) in [6.07, 6.45) is 10.3. The average molecular weight is 327 g/mol. The highest BCUT2D eigenvalue weighted by Crippen LogP contribution is 2.21. The van der Waals surface area contributed by atoms with E-state index in [1.807, 2.05) is 18.8 Å². The van der Waals surface area contributed by atoms with Crippen molar-refractivity contribution in [3.05, 3.63) is 23.8 Å². The van der Waals surface area contributed by atoms with E-state index < -0.39 is 0 Å². The summed E-state index contributed by atoms with van der Waals surface area (Å²) in [4.78, 5) is 0. The summed E-state index contributed by atoms with van der Waals surface area (Å²) in [5, 5.41) is 3.56. The molecule has 1 rings (SSSR count). The van der Waals surface area contributed by atoms with Crippen molar-refractivity contribution in [2.24, 2.45) is 11.7 Å². The molecular weight excluding hydrogens is 292 g/mol. The van der Waals surface area contributed by atoms with Gasteiger partial charge in [0.2, 0.25) is 0 Å². The summed E-state index contributed by atoms with van der Waals surface area (Å²) >= 11 is 1.86. The molecule has 5 atom stereocenters. The van der Waals surface area contributed by atoms with Crippen LogP contribution in [0.2, 0.25) is 0 Å². The highest BCUT2D eigenvalue weighted by molar-refractivity contribution is 8.00. The van der Waals surface area contributed by atoms with Gasteiger partial charge in [0.15, 0.2) is 0 Å². The molecule has 4 heteroatoms. The first-order valence-electron chi connectivity index (χ1n) is 8.51. The highest BCUT2D eigenvalue weighted by Gasteiger charge is 2.24. The minimum Gasteiger partial charge on any atom is -0.366 e. The fourth-order valence-electron chi connectivity index (χ4n) is 2.62. The van der Waals surface area contributed by atoms with Gasteiger partial charge in [-0.15, -0.1) is 11.8 Å². The van der Waals surface area contributed by atoms with Gasteiger partial charge in [0.25, 0.3) is 0 Å². The third-order valence-electron chi connectivity index (χ3n) is 4.21. The van der Waals surface area contributed by atoms with Crippen LogP contribution in [0.4, 0.5) is 0 Å². The van der Waals surface area contributed by atoms with Gasteiger partial charge in [-0.1, -0.05) is 44.1 Å². The number of nitrogens with two attached hydrogens (primary N) is 1. The first-order chi connectivity index (χ1) is 10.5. The van der Waals surface area contributed by atoms with Crippen LogP contribution >= 0.6 is 11.8 Å². The van der Waals surface area contributed by atoms with Gasteiger partial charge < -0.3 is 15.8 Å². The van der Waals surface area contributed by atoms with Crippen LogP contribution in [-0.2, 0) is 4.74 Å². The summed E-state index contributed by atoms with van der Waals surface area (Å²) < 4.78 is 5.87. The third kappa shape index (κ3) is 7.32. The first-order valence-corrected chi connectivity index (χ1v) is 9.56. The van der Waals surface area contributed by atoms with Crippen molar-refractivity contribution in [2.45, 2.75) is 70.6 Å². The Bertz CT molecular complexity index is 370. The van der Waals surface area contributed by atoms with Gasteiger partial charge in [-0.3, -0.25) is 0 Å². The molecule has 3 nitrogen and oxygen atoms in total. The van der Waals surface area contributed by atoms with Crippen LogP contribution in [0.1, 0.15) is 47.0 Å². The predicted molar refractivity (Wildman–Crippen MR) is 99.2 cm³/mol. The number of likely N-dealkylation sites (N-methyl/N-ethyl adjacent to an activating group) is 1. The van der Waals surface area contributed by atoms with Crippen molar-refractivity contribution in [1.82, 2.24) is 5.32 Å². The van der Waals surface area contributed by atoms with Crippen molar-refractivity contribution in [2.75, 3.05) is 12.8 Å². The Hall–Kier alpha value is -0.290. The molecular formula is C18H34N2OS. The summed E-state index contributed by atoms with van der Waals surface area (Å²) in [6, 6.07) is 0.351. The number of thioether (sulfide) groups is 1. The molecule has 1 aliphatic rings. The van der Waals surface area contributed by atoms with E-state index in [1.165, 1.54) is 12.0 Å². The zero-order chi connectivity index (χ0) is 16.5.